The summed E-state index contributed by atoms with van der Waals surface area (Å²) in [6, 6.07) is 8.10. The molecule has 4 nitrogen and oxygen atoms in total. The summed E-state index contributed by atoms with van der Waals surface area (Å²) in [4.78, 5) is 12.1. The molecule has 0 aromatic heterocycles. The molecule has 1 fully saturated rings. The molecule has 1 aromatic rings. The number of ether oxygens (including phenoxy) is 1. The van der Waals surface area contributed by atoms with Gasteiger partial charge in [0.2, 0.25) is 0 Å². The van der Waals surface area contributed by atoms with Crippen molar-refractivity contribution in [2.24, 2.45) is 0 Å². The van der Waals surface area contributed by atoms with Crippen LogP contribution < -0.4 is 15.4 Å². The fraction of sp³-hybridized carbons (Fsp3) is 0.500. The molecule has 1 amide bonds. The number of halogens is 1. The fourth-order valence-electron chi connectivity index (χ4n) is 2.60. The van der Waals surface area contributed by atoms with Crippen LogP contribution >= 0.6 is 12.4 Å². The number of rotatable bonds is 2. The van der Waals surface area contributed by atoms with E-state index in [-0.39, 0.29) is 30.5 Å². The summed E-state index contributed by atoms with van der Waals surface area (Å²) in [6.45, 7) is 1.92. The number of hydrogen-bond donors (Lipinski definition) is 2. The van der Waals surface area contributed by atoms with Crippen LogP contribution in [0.3, 0.4) is 0 Å². The average molecular weight is 283 g/mol. The largest absolute Gasteiger partial charge is 0.480 e. The van der Waals surface area contributed by atoms with E-state index in [2.05, 4.69) is 10.6 Å². The smallest absolute Gasteiger partial charge is 0.261 e. The van der Waals surface area contributed by atoms with Crippen LogP contribution in [0.1, 0.15) is 18.4 Å². The van der Waals surface area contributed by atoms with Crippen molar-refractivity contribution in [3.63, 3.8) is 0 Å². The van der Waals surface area contributed by atoms with Crippen LogP contribution in [-0.4, -0.2) is 31.1 Å². The first-order valence-corrected chi connectivity index (χ1v) is 6.58. The highest BCUT2D eigenvalue weighted by atomic mass is 35.5. The predicted molar refractivity (Wildman–Crippen MR) is 75.8 cm³/mol. The molecule has 0 radical (unpaired) electrons. The molecule has 2 N–H and O–H groups in total. The third kappa shape index (κ3) is 3.19. The number of benzene rings is 1. The minimum Gasteiger partial charge on any atom is -0.480 e. The Kier molecular flexibility index (Phi) is 4.66. The molecule has 1 aromatic carbocycles. The van der Waals surface area contributed by atoms with Crippen molar-refractivity contribution in [1.29, 1.82) is 0 Å². The molecular weight excluding hydrogens is 264 g/mol. The van der Waals surface area contributed by atoms with Gasteiger partial charge in [0.05, 0.1) is 0 Å². The van der Waals surface area contributed by atoms with Gasteiger partial charge in [-0.3, -0.25) is 4.79 Å². The number of amides is 1. The quantitative estimate of drug-likeness (QED) is 0.859. The maximum absolute atomic E-state index is 12.1. The first-order valence-electron chi connectivity index (χ1n) is 6.58. The molecule has 2 aliphatic heterocycles. The highest BCUT2D eigenvalue weighted by Crippen LogP contribution is 2.28. The first kappa shape index (κ1) is 14.2. The van der Waals surface area contributed by atoms with Crippen molar-refractivity contribution in [3.8, 4) is 5.75 Å². The zero-order valence-electron chi connectivity index (χ0n) is 10.7. The van der Waals surface area contributed by atoms with Gasteiger partial charge >= 0.3 is 0 Å². The van der Waals surface area contributed by atoms with Gasteiger partial charge in [0.15, 0.2) is 6.10 Å². The van der Waals surface area contributed by atoms with Gasteiger partial charge in [0.25, 0.3) is 5.91 Å². The van der Waals surface area contributed by atoms with Crippen LogP contribution in [0.25, 0.3) is 0 Å². The van der Waals surface area contributed by atoms with Crippen LogP contribution in [0.2, 0.25) is 0 Å². The minimum absolute atomic E-state index is 0. The van der Waals surface area contributed by atoms with E-state index in [1.54, 1.807) is 0 Å². The molecular formula is C14H19ClN2O2. The molecule has 19 heavy (non-hydrogen) atoms. The second-order valence-corrected chi connectivity index (χ2v) is 4.97. The van der Waals surface area contributed by atoms with Crippen LogP contribution in [0.5, 0.6) is 5.75 Å². The minimum atomic E-state index is -0.357. The van der Waals surface area contributed by atoms with Gasteiger partial charge in [-0.25, -0.2) is 0 Å². The Labute approximate surface area is 119 Å². The monoisotopic (exact) mass is 282 g/mol. The number of para-hydroxylation sites is 1. The molecule has 0 spiro atoms. The van der Waals surface area contributed by atoms with Gasteiger partial charge in [-0.05, 0) is 31.0 Å². The maximum atomic E-state index is 12.1. The zero-order chi connectivity index (χ0) is 12.4. The molecule has 5 heteroatoms. The van der Waals surface area contributed by atoms with Crippen molar-refractivity contribution in [1.82, 2.24) is 10.6 Å². The van der Waals surface area contributed by atoms with E-state index < -0.39 is 0 Å². The van der Waals surface area contributed by atoms with E-state index in [1.165, 1.54) is 0 Å². The summed E-state index contributed by atoms with van der Waals surface area (Å²) in [6.07, 6.45) is 2.50. The summed E-state index contributed by atoms with van der Waals surface area (Å²) in [5.74, 6) is 0.860. The van der Waals surface area contributed by atoms with Crippen molar-refractivity contribution < 1.29 is 9.53 Å². The van der Waals surface area contributed by atoms with Gasteiger partial charge in [0.1, 0.15) is 5.75 Å². The van der Waals surface area contributed by atoms with Crippen molar-refractivity contribution in [2.45, 2.75) is 31.4 Å². The molecule has 0 saturated carbocycles. The second kappa shape index (κ2) is 6.26. The van der Waals surface area contributed by atoms with E-state index >= 15 is 0 Å². The zero-order valence-corrected chi connectivity index (χ0v) is 11.5. The lowest BCUT2D eigenvalue weighted by Crippen LogP contribution is -2.49. The lowest BCUT2D eigenvalue weighted by atomic mass is 10.1. The van der Waals surface area contributed by atoms with E-state index in [4.69, 9.17) is 4.74 Å². The summed E-state index contributed by atoms with van der Waals surface area (Å²) in [7, 11) is 0. The number of hydrogen-bond acceptors (Lipinski definition) is 3. The van der Waals surface area contributed by atoms with Gasteiger partial charge in [-0.2, -0.15) is 0 Å². The Morgan fingerprint density at radius 1 is 1.37 bits per heavy atom. The third-order valence-electron chi connectivity index (χ3n) is 3.58. The van der Waals surface area contributed by atoms with E-state index in [0.29, 0.717) is 6.42 Å². The Balaban J connectivity index is 0.00000133. The van der Waals surface area contributed by atoms with Crippen LogP contribution in [0, 0.1) is 0 Å². The average Bonchev–Trinajstić information content (AvgIpc) is 2.84. The predicted octanol–water partition coefficient (Wildman–Crippen LogP) is 1.28. The molecule has 1 unspecified atom stereocenters. The van der Waals surface area contributed by atoms with Gasteiger partial charge in [-0.15, -0.1) is 12.4 Å². The first-order chi connectivity index (χ1) is 8.83. The molecule has 2 heterocycles. The van der Waals surface area contributed by atoms with Crippen LogP contribution in [0.4, 0.5) is 0 Å². The van der Waals surface area contributed by atoms with Crippen LogP contribution in [0.15, 0.2) is 24.3 Å². The Morgan fingerprint density at radius 2 is 2.21 bits per heavy atom. The fourth-order valence-corrected chi connectivity index (χ4v) is 2.60. The molecule has 0 aliphatic carbocycles. The van der Waals surface area contributed by atoms with Crippen molar-refractivity contribution in [2.75, 3.05) is 13.1 Å². The molecule has 2 atom stereocenters. The van der Waals surface area contributed by atoms with E-state index in [9.17, 15) is 4.79 Å². The molecule has 1 saturated heterocycles. The Bertz CT molecular complexity index is 422. The van der Waals surface area contributed by atoms with Crippen LogP contribution in [-0.2, 0) is 11.2 Å². The lowest BCUT2D eigenvalue weighted by molar-refractivity contribution is -0.128. The Morgan fingerprint density at radius 3 is 2.95 bits per heavy atom. The number of carbonyl (C=O) groups is 1. The van der Waals surface area contributed by atoms with Gasteiger partial charge < -0.3 is 15.4 Å². The standard InChI is InChI=1S/C14H18N2O2.ClH/c17-14(16-11-5-3-7-15-9-11)13-8-10-4-1-2-6-12(10)18-13;/h1-2,4,6,11,13,15H,3,5,7-9H2,(H,16,17);1H/t11-,13?;/m0./s1. The third-order valence-corrected chi connectivity index (χ3v) is 3.58. The summed E-state index contributed by atoms with van der Waals surface area (Å²) >= 11 is 0. The van der Waals surface area contributed by atoms with E-state index in [1.807, 2.05) is 24.3 Å². The topological polar surface area (TPSA) is 50.4 Å². The van der Waals surface area contributed by atoms with Crippen molar-refractivity contribution in [3.05, 3.63) is 29.8 Å². The summed E-state index contributed by atoms with van der Waals surface area (Å²) < 4.78 is 5.68. The maximum Gasteiger partial charge on any atom is 0.261 e. The number of fused-ring (bicyclic) bond motifs is 1. The van der Waals surface area contributed by atoms with Crippen molar-refractivity contribution >= 4 is 18.3 Å². The Hall–Kier alpha value is -1.26. The second-order valence-electron chi connectivity index (χ2n) is 4.97. The molecule has 104 valence electrons. The normalized spacial score (nSPS) is 24.8. The number of piperidine rings is 1. The van der Waals surface area contributed by atoms with Gasteiger partial charge in [-0.1, -0.05) is 18.2 Å². The molecule has 2 aliphatic rings. The number of nitrogens with one attached hydrogen (secondary N) is 2. The lowest BCUT2D eigenvalue weighted by Gasteiger charge is -2.25. The molecule has 0 bridgehead atoms. The highest BCUT2D eigenvalue weighted by molar-refractivity contribution is 5.85. The van der Waals surface area contributed by atoms with E-state index in [0.717, 1.165) is 37.2 Å². The number of carbonyl (C=O) groups excluding carboxylic acids is 1. The highest BCUT2D eigenvalue weighted by Gasteiger charge is 2.30. The van der Waals surface area contributed by atoms with Gasteiger partial charge in [0, 0.05) is 19.0 Å². The SMILES string of the molecule is Cl.O=C(N[C@H]1CCCNC1)C1Cc2ccccc2O1. The summed E-state index contributed by atoms with van der Waals surface area (Å²) in [5, 5.41) is 6.36. The summed E-state index contributed by atoms with van der Waals surface area (Å²) in [5.41, 5.74) is 1.12. The molecule has 3 rings (SSSR count).